The maximum Gasteiger partial charge on any atom is 0.393 e. The van der Waals surface area contributed by atoms with Gasteiger partial charge in [-0.25, -0.2) is 0 Å². The van der Waals surface area contributed by atoms with Crippen molar-refractivity contribution in [1.29, 1.82) is 0 Å². The topological polar surface area (TPSA) is 15.6 Å². The maximum atomic E-state index is 12.5. The Balaban J connectivity index is 2.12. The molecule has 0 fully saturated rings. The molecule has 1 aliphatic heterocycles. The normalized spacial score (nSPS) is 19.6. The van der Waals surface area contributed by atoms with Gasteiger partial charge in [0, 0.05) is 19.7 Å². The van der Waals surface area contributed by atoms with Gasteiger partial charge in [0.1, 0.15) is 0 Å². The van der Waals surface area contributed by atoms with Crippen LogP contribution in [0.4, 0.5) is 13.2 Å². The fourth-order valence-corrected chi connectivity index (χ4v) is 2.16. The Morgan fingerprint density at radius 3 is 2.50 bits per heavy atom. The van der Waals surface area contributed by atoms with Crippen LogP contribution < -0.4 is 0 Å². The Labute approximate surface area is 104 Å². The van der Waals surface area contributed by atoms with Crippen molar-refractivity contribution in [3.8, 4) is 0 Å². The number of hydrogen-bond acceptors (Lipinski definition) is 2. The molecule has 0 saturated heterocycles. The van der Waals surface area contributed by atoms with E-state index in [1.807, 2.05) is 12.1 Å². The van der Waals surface area contributed by atoms with E-state index in [0.29, 0.717) is 12.0 Å². The van der Waals surface area contributed by atoms with E-state index in [9.17, 15) is 13.2 Å². The van der Waals surface area contributed by atoms with Crippen molar-refractivity contribution in [2.24, 2.45) is 5.10 Å². The lowest BCUT2D eigenvalue weighted by Gasteiger charge is -2.20. The second-order valence-electron chi connectivity index (χ2n) is 4.53. The minimum atomic E-state index is -4.16. The Hall–Kier alpha value is -1.52. The quantitative estimate of drug-likeness (QED) is 0.811. The van der Waals surface area contributed by atoms with Gasteiger partial charge in [0.25, 0.3) is 0 Å². The molecule has 0 saturated carbocycles. The molecule has 0 radical (unpaired) electrons. The van der Waals surface area contributed by atoms with Gasteiger partial charge in [0.05, 0.1) is 12.5 Å². The largest absolute Gasteiger partial charge is 0.393 e. The van der Waals surface area contributed by atoms with Crippen molar-refractivity contribution >= 4 is 6.21 Å². The van der Waals surface area contributed by atoms with Gasteiger partial charge in [-0.05, 0) is 17.5 Å². The first-order valence-corrected chi connectivity index (χ1v) is 5.84. The molecule has 1 unspecified atom stereocenters. The SMILES string of the molecule is CN1N=CCC1Cc1ccccc1CC(F)(F)F. The van der Waals surface area contributed by atoms with Crippen molar-refractivity contribution in [2.45, 2.75) is 31.5 Å². The lowest BCUT2D eigenvalue weighted by molar-refractivity contribution is -0.127. The Bertz CT molecular complexity index is 440. The predicted octanol–water partition coefficient (Wildman–Crippen LogP) is 3.02. The van der Waals surface area contributed by atoms with Crippen LogP contribution >= 0.6 is 0 Å². The molecule has 0 spiro atoms. The van der Waals surface area contributed by atoms with Gasteiger partial charge in [0.15, 0.2) is 0 Å². The summed E-state index contributed by atoms with van der Waals surface area (Å²) in [6.45, 7) is 0. The summed E-state index contributed by atoms with van der Waals surface area (Å²) in [7, 11) is 1.85. The van der Waals surface area contributed by atoms with E-state index in [1.54, 1.807) is 30.5 Å². The first-order valence-electron chi connectivity index (χ1n) is 5.84. The summed E-state index contributed by atoms with van der Waals surface area (Å²) >= 11 is 0. The molecule has 1 aromatic rings. The maximum absolute atomic E-state index is 12.5. The number of rotatable bonds is 3. The third-order valence-corrected chi connectivity index (χ3v) is 3.13. The summed E-state index contributed by atoms with van der Waals surface area (Å²) in [5.74, 6) is 0. The van der Waals surface area contributed by atoms with E-state index >= 15 is 0 Å². The zero-order chi connectivity index (χ0) is 13.2. The van der Waals surface area contributed by atoms with Gasteiger partial charge in [0.2, 0.25) is 0 Å². The molecular weight excluding hydrogens is 241 g/mol. The van der Waals surface area contributed by atoms with Gasteiger partial charge in [-0.15, -0.1) is 0 Å². The van der Waals surface area contributed by atoms with Crippen LogP contribution in [0.5, 0.6) is 0 Å². The molecule has 1 heterocycles. The second-order valence-corrected chi connectivity index (χ2v) is 4.53. The predicted molar refractivity (Wildman–Crippen MR) is 64.6 cm³/mol. The number of hydrogen-bond donors (Lipinski definition) is 0. The summed E-state index contributed by atoms with van der Waals surface area (Å²) < 4.78 is 37.4. The fraction of sp³-hybridized carbons (Fsp3) is 0.462. The van der Waals surface area contributed by atoms with Crippen molar-refractivity contribution < 1.29 is 13.2 Å². The van der Waals surface area contributed by atoms with E-state index < -0.39 is 12.6 Å². The minimum absolute atomic E-state index is 0.166. The van der Waals surface area contributed by atoms with Crippen LogP contribution in [0, 0.1) is 0 Å². The highest BCUT2D eigenvalue weighted by atomic mass is 19.4. The summed E-state index contributed by atoms with van der Waals surface area (Å²) in [6, 6.07) is 6.93. The Kier molecular flexibility index (Phi) is 3.59. The highest BCUT2D eigenvalue weighted by Gasteiger charge is 2.29. The summed E-state index contributed by atoms with van der Waals surface area (Å²) in [5.41, 5.74) is 1.13. The van der Waals surface area contributed by atoms with Crippen LogP contribution in [-0.2, 0) is 12.8 Å². The number of nitrogens with zero attached hydrogens (tertiary/aromatic N) is 2. The third kappa shape index (κ3) is 3.24. The molecule has 2 rings (SSSR count). The molecule has 2 nitrogen and oxygen atoms in total. The van der Waals surface area contributed by atoms with Gasteiger partial charge in [-0.3, -0.25) is 5.01 Å². The molecule has 5 heteroatoms. The highest BCUT2D eigenvalue weighted by Crippen LogP contribution is 2.25. The van der Waals surface area contributed by atoms with Crippen molar-refractivity contribution in [3.05, 3.63) is 35.4 Å². The summed E-state index contributed by atoms with van der Waals surface area (Å²) in [6.07, 6.45) is -1.83. The van der Waals surface area contributed by atoms with E-state index in [-0.39, 0.29) is 6.04 Å². The third-order valence-electron chi connectivity index (χ3n) is 3.13. The summed E-state index contributed by atoms with van der Waals surface area (Å²) in [4.78, 5) is 0. The number of hydrazone groups is 1. The van der Waals surface area contributed by atoms with Gasteiger partial charge in [-0.2, -0.15) is 18.3 Å². The van der Waals surface area contributed by atoms with Crippen molar-refractivity contribution in [1.82, 2.24) is 5.01 Å². The first-order chi connectivity index (χ1) is 8.46. The van der Waals surface area contributed by atoms with E-state index in [4.69, 9.17) is 0 Å². The lowest BCUT2D eigenvalue weighted by Crippen LogP contribution is -2.25. The lowest BCUT2D eigenvalue weighted by atomic mass is 9.97. The highest BCUT2D eigenvalue weighted by molar-refractivity contribution is 5.60. The van der Waals surface area contributed by atoms with E-state index in [2.05, 4.69) is 5.10 Å². The van der Waals surface area contributed by atoms with Crippen molar-refractivity contribution in [2.75, 3.05) is 7.05 Å². The standard InChI is InChI=1S/C13H15F3N2/c1-18-12(6-7-17-18)8-10-4-2-3-5-11(10)9-13(14,15)16/h2-5,7,12H,6,8-9H2,1H3. The number of halogens is 3. The molecule has 0 aliphatic carbocycles. The summed E-state index contributed by atoms with van der Waals surface area (Å²) in [5, 5.41) is 5.91. The van der Waals surface area contributed by atoms with Gasteiger partial charge >= 0.3 is 6.18 Å². The van der Waals surface area contributed by atoms with Crippen LogP contribution in [0.15, 0.2) is 29.4 Å². The molecule has 1 aliphatic rings. The molecular formula is C13H15F3N2. The molecule has 0 N–H and O–H groups in total. The van der Waals surface area contributed by atoms with Crippen LogP contribution in [0.1, 0.15) is 17.5 Å². The minimum Gasteiger partial charge on any atom is -0.297 e. The monoisotopic (exact) mass is 256 g/mol. The fourth-order valence-electron chi connectivity index (χ4n) is 2.16. The first kappa shape index (κ1) is 12.9. The van der Waals surface area contributed by atoms with Gasteiger partial charge < -0.3 is 0 Å². The molecule has 18 heavy (non-hydrogen) atoms. The second kappa shape index (κ2) is 5.00. The number of benzene rings is 1. The molecule has 0 aromatic heterocycles. The zero-order valence-corrected chi connectivity index (χ0v) is 10.1. The molecule has 1 atom stereocenters. The van der Waals surface area contributed by atoms with Crippen LogP contribution in [-0.4, -0.2) is 30.5 Å². The molecule has 1 aromatic carbocycles. The Morgan fingerprint density at radius 2 is 1.94 bits per heavy atom. The van der Waals surface area contributed by atoms with Crippen LogP contribution in [0.2, 0.25) is 0 Å². The molecule has 98 valence electrons. The number of likely N-dealkylation sites (N-methyl/N-ethyl adjacent to an activating group) is 1. The van der Waals surface area contributed by atoms with E-state index in [0.717, 1.165) is 12.0 Å². The molecule has 0 amide bonds. The van der Waals surface area contributed by atoms with Crippen molar-refractivity contribution in [3.63, 3.8) is 0 Å². The Morgan fingerprint density at radius 1 is 1.28 bits per heavy atom. The van der Waals surface area contributed by atoms with E-state index in [1.165, 1.54) is 0 Å². The van der Waals surface area contributed by atoms with Crippen LogP contribution in [0.3, 0.4) is 0 Å². The number of alkyl halides is 3. The average Bonchev–Trinajstić information content (AvgIpc) is 2.65. The van der Waals surface area contributed by atoms with Gasteiger partial charge in [-0.1, -0.05) is 24.3 Å². The average molecular weight is 256 g/mol. The zero-order valence-electron chi connectivity index (χ0n) is 10.1. The smallest absolute Gasteiger partial charge is 0.297 e. The van der Waals surface area contributed by atoms with Crippen LogP contribution in [0.25, 0.3) is 0 Å². The molecule has 0 bridgehead atoms.